The molecule has 1 aliphatic heterocycles. The summed E-state index contributed by atoms with van der Waals surface area (Å²) in [5.41, 5.74) is 1.29. The molecule has 2 aromatic rings. The standard InChI is InChI=1S/C24H29F3N4O/c1-15(2)31(16(3)4)12-11-28-22-10-9-17(13-20(22)24(25,26)27)29-14-19-18-7-5-6-8-21(18)30-23(19)32/h5-10,13-16,28-29H,11-12H2,1-4H3,(H,30,32). The fourth-order valence-electron chi connectivity index (χ4n) is 3.89. The van der Waals surface area contributed by atoms with Crippen molar-refractivity contribution in [2.45, 2.75) is 46.0 Å². The van der Waals surface area contributed by atoms with Gasteiger partial charge < -0.3 is 16.0 Å². The highest BCUT2D eigenvalue weighted by Gasteiger charge is 2.34. The first-order chi connectivity index (χ1) is 15.1. The molecule has 0 unspecified atom stereocenters. The number of para-hydroxylation sites is 1. The first-order valence-corrected chi connectivity index (χ1v) is 10.7. The monoisotopic (exact) mass is 446 g/mol. The Morgan fingerprint density at radius 2 is 1.75 bits per heavy atom. The molecule has 8 heteroatoms. The number of rotatable bonds is 8. The van der Waals surface area contributed by atoms with Gasteiger partial charge in [-0.25, -0.2) is 0 Å². The van der Waals surface area contributed by atoms with Crippen LogP contribution in [-0.2, 0) is 11.0 Å². The zero-order valence-electron chi connectivity index (χ0n) is 18.7. The number of carbonyl (C=O) groups is 1. The minimum absolute atomic E-state index is 0.0344. The molecule has 1 amide bonds. The van der Waals surface area contributed by atoms with Crippen molar-refractivity contribution in [1.82, 2.24) is 4.90 Å². The number of fused-ring (bicyclic) bond motifs is 1. The first kappa shape index (κ1) is 23.7. The van der Waals surface area contributed by atoms with Gasteiger partial charge in [-0.05, 0) is 52.0 Å². The summed E-state index contributed by atoms with van der Waals surface area (Å²) < 4.78 is 41.1. The number of hydrogen-bond acceptors (Lipinski definition) is 4. The van der Waals surface area contributed by atoms with Crippen molar-refractivity contribution in [3.8, 4) is 0 Å². The third-order valence-corrected chi connectivity index (χ3v) is 5.43. The van der Waals surface area contributed by atoms with Gasteiger partial charge in [-0.3, -0.25) is 9.69 Å². The molecule has 1 heterocycles. The Morgan fingerprint density at radius 1 is 1.06 bits per heavy atom. The third kappa shape index (κ3) is 5.43. The zero-order chi connectivity index (χ0) is 23.5. The maximum Gasteiger partial charge on any atom is 0.418 e. The smallest absolute Gasteiger partial charge is 0.383 e. The number of halogens is 3. The first-order valence-electron chi connectivity index (χ1n) is 10.7. The van der Waals surface area contributed by atoms with Crippen molar-refractivity contribution in [1.29, 1.82) is 0 Å². The Bertz CT molecular complexity index is 991. The molecule has 0 aromatic heterocycles. The number of hydrogen-bond donors (Lipinski definition) is 3. The second-order valence-corrected chi connectivity index (χ2v) is 8.31. The lowest BCUT2D eigenvalue weighted by Gasteiger charge is -2.30. The van der Waals surface area contributed by atoms with Gasteiger partial charge in [0.2, 0.25) is 0 Å². The Balaban J connectivity index is 1.76. The Morgan fingerprint density at radius 3 is 2.41 bits per heavy atom. The molecule has 3 rings (SSSR count). The van der Waals surface area contributed by atoms with E-state index in [2.05, 4.69) is 48.5 Å². The molecular formula is C24H29F3N4O. The molecule has 0 aliphatic carbocycles. The number of nitrogens with one attached hydrogen (secondary N) is 3. The Hall–Kier alpha value is -3.00. The van der Waals surface area contributed by atoms with Crippen molar-refractivity contribution >= 4 is 28.5 Å². The number of amides is 1. The molecule has 5 nitrogen and oxygen atoms in total. The molecule has 3 N–H and O–H groups in total. The van der Waals surface area contributed by atoms with E-state index in [1.54, 1.807) is 30.3 Å². The molecule has 1 aliphatic rings. The molecule has 0 atom stereocenters. The van der Waals surface area contributed by atoms with Gasteiger partial charge in [-0.15, -0.1) is 0 Å². The van der Waals surface area contributed by atoms with E-state index in [0.29, 0.717) is 42.0 Å². The molecule has 0 radical (unpaired) electrons. The molecule has 172 valence electrons. The SMILES string of the molecule is CC(C)N(CCNc1ccc(NC=C2C(=O)Nc3ccccc32)cc1C(F)(F)F)C(C)C. The van der Waals surface area contributed by atoms with E-state index < -0.39 is 11.7 Å². The van der Waals surface area contributed by atoms with Crippen molar-refractivity contribution < 1.29 is 18.0 Å². The van der Waals surface area contributed by atoms with E-state index >= 15 is 0 Å². The van der Waals surface area contributed by atoms with Crippen LogP contribution in [0.2, 0.25) is 0 Å². The lowest BCUT2D eigenvalue weighted by atomic mass is 10.1. The summed E-state index contributed by atoms with van der Waals surface area (Å²) in [5.74, 6) is -0.298. The van der Waals surface area contributed by atoms with Crippen LogP contribution >= 0.6 is 0 Å². The molecule has 2 aromatic carbocycles. The van der Waals surface area contributed by atoms with E-state index in [9.17, 15) is 18.0 Å². The van der Waals surface area contributed by atoms with Crippen molar-refractivity contribution in [2.75, 3.05) is 29.0 Å². The Kier molecular flexibility index (Phi) is 7.13. The third-order valence-electron chi connectivity index (χ3n) is 5.43. The maximum absolute atomic E-state index is 13.7. The highest BCUT2D eigenvalue weighted by Crippen LogP contribution is 2.37. The van der Waals surface area contributed by atoms with Crippen LogP contribution in [0.4, 0.5) is 30.2 Å². The predicted molar refractivity (Wildman–Crippen MR) is 124 cm³/mol. The summed E-state index contributed by atoms with van der Waals surface area (Å²) in [4.78, 5) is 14.4. The quantitative estimate of drug-likeness (QED) is 0.459. The molecule has 0 fully saturated rings. The molecular weight excluding hydrogens is 417 g/mol. The van der Waals surface area contributed by atoms with Crippen LogP contribution in [0.5, 0.6) is 0 Å². The van der Waals surface area contributed by atoms with Gasteiger partial charge >= 0.3 is 6.18 Å². The van der Waals surface area contributed by atoms with E-state index in [4.69, 9.17) is 0 Å². The maximum atomic E-state index is 13.7. The van der Waals surface area contributed by atoms with Gasteiger partial charge in [0.15, 0.2) is 0 Å². The lowest BCUT2D eigenvalue weighted by Crippen LogP contribution is -2.40. The number of nitrogens with zero attached hydrogens (tertiary/aromatic N) is 1. The van der Waals surface area contributed by atoms with Crippen LogP contribution in [0.15, 0.2) is 48.7 Å². The van der Waals surface area contributed by atoms with Crippen LogP contribution in [-0.4, -0.2) is 36.0 Å². The number of benzene rings is 2. The molecule has 32 heavy (non-hydrogen) atoms. The van der Waals surface area contributed by atoms with Gasteiger partial charge in [-0.2, -0.15) is 13.2 Å². The number of alkyl halides is 3. The summed E-state index contributed by atoms with van der Waals surface area (Å²) in [6.45, 7) is 9.30. The Labute approximate surface area is 186 Å². The van der Waals surface area contributed by atoms with Crippen LogP contribution in [0, 0.1) is 0 Å². The van der Waals surface area contributed by atoms with Crippen LogP contribution in [0.25, 0.3) is 5.57 Å². The van der Waals surface area contributed by atoms with Crippen molar-refractivity contribution in [3.63, 3.8) is 0 Å². The minimum atomic E-state index is -4.51. The summed E-state index contributed by atoms with van der Waals surface area (Å²) in [7, 11) is 0. The minimum Gasteiger partial charge on any atom is -0.383 e. The number of anilines is 3. The predicted octanol–water partition coefficient (Wildman–Crippen LogP) is 5.64. The highest BCUT2D eigenvalue weighted by molar-refractivity contribution is 6.31. The summed E-state index contributed by atoms with van der Waals surface area (Å²) in [5, 5.41) is 8.51. The van der Waals surface area contributed by atoms with E-state index in [1.807, 2.05) is 0 Å². The van der Waals surface area contributed by atoms with Crippen LogP contribution in [0.1, 0.15) is 38.8 Å². The van der Waals surface area contributed by atoms with Gasteiger partial charge in [0.05, 0.1) is 11.1 Å². The van der Waals surface area contributed by atoms with E-state index in [1.165, 1.54) is 12.3 Å². The van der Waals surface area contributed by atoms with Crippen molar-refractivity contribution in [3.05, 3.63) is 59.8 Å². The van der Waals surface area contributed by atoms with Crippen LogP contribution in [0.3, 0.4) is 0 Å². The molecule has 0 bridgehead atoms. The highest BCUT2D eigenvalue weighted by atomic mass is 19.4. The van der Waals surface area contributed by atoms with E-state index in [0.717, 1.165) is 6.07 Å². The summed E-state index contributed by atoms with van der Waals surface area (Å²) in [6.07, 6.45) is -3.08. The van der Waals surface area contributed by atoms with Crippen LogP contribution < -0.4 is 16.0 Å². The largest absolute Gasteiger partial charge is 0.418 e. The van der Waals surface area contributed by atoms with E-state index in [-0.39, 0.29) is 17.3 Å². The molecule has 0 spiro atoms. The fraction of sp³-hybridized carbons (Fsp3) is 0.375. The number of carbonyl (C=O) groups excluding carboxylic acids is 1. The normalized spacial score (nSPS) is 14.9. The second-order valence-electron chi connectivity index (χ2n) is 8.31. The van der Waals surface area contributed by atoms with Gasteiger partial charge in [0, 0.05) is 54.0 Å². The topological polar surface area (TPSA) is 56.4 Å². The van der Waals surface area contributed by atoms with Crippen molar-refractivity contribution in [2.24, 2.45) is 0 Å². The zero-order valence-corrected chi connectivity index (χ0v) is 18.7. The molecule has 0 saturated heterocycles. The van der Waals surface area contributed by atoms with Gasteiger partial charge in [-0.1, -0.05) is 18.2 Å². The average molecular weight is 447 g/mol. The second kappa shape index (κ2) is 9.65. The fourth-order valence-corrected chi connectivity index (χ4v) is 3.89. The average Bonchev–Trinajstić information content (AvgIpc) is 3.03. The lowest BCUT2D eigenvalue weighted by molar-refractivity contribution is -0.136. The molecule has 0 saturated carbocycles. The van der Waals surface area contributed by atoms with Gasteiger partial charge in [0.1, 0.15) is 0 Å². The summed E-state index contributed by atoms with van der Waals surface area (Å²) >= 11 is 0. The van der Waals surface area contributed by atoms with Gasteiger partial charge in [0.25, 0.3) is 5.91 Å². The summed E-state index contributed by atoms with van der Waals surface area (Å²) in [6, 6.07) is 11.8.